The van der Waals surface area contributed by atoms with Crippen molar-refractivity contribution in [1.29, 1.82) is 0 Å². The first-order valence-electron chi connectivity index (χ1n) is 6.83. The number of aromatic nitrogens is 4. The van der Waals surface area contributed by atoms with E-state index in [2.05, 4.69) is 33.0 Å². The third kappa shape index (κ3) is 3.39. The number of nitrogens with two attached hydrogens (primary N) is 1. The van der Waals surface area contributed by atoms with E-state index in [9.17, 15) is 0 Å². The van der Waals surface area contributed by atoms with Gasteiger partial charge in [-0.15, -0.1) is 5.10 Å². The lowest BCUT2D eigenvalue weighted by Crippen LogP contribution is -2.17. The molecular weight excluding hydrogens is 258 g/mol. The van der Waals surface area contributed by atoms with Crippen LogP contribution in [0.15, 0.2) is 12.4 Å². The minimum atomic E-state index is -0.0560. The Kier molecular flexibility index (Phi) is 5.04. The zero-order chi connectivity index (χ0) is 13.7. The number of hydrogen-bond donors (Lipinski definition) is 1. The summed E-state index contributed by atoms with van der Waals surface area (Å²) >= 11 is 1.42. The normalized spacial score (nSPS) is 12.8. The first-order chi connectivity index (χ1) is 9.26. The van der Waals surface area contributed by atoms with Gasteiger partial charge in [-0.3, -0.25) is 0 Å². The van der Waals surface area contributed by atoms with E-state index < -0.39 is 0 Å². The first kappa shape index (κ1) is 14.1. The van der Waals surface area contributed by atoms with Crippen molar-refractivity contribution in [3.05, 3.63) is 28.8 Å². The minimum absolute atomic E-state index is 0.0560. The molecule has 0 amide bonds. The third-order valence-corrected chi connectivity index (χ3v) is 3.98. The summed E-state index contributed by atoms with van der Waals surface area (Å²) in [5.41, 5.74) is 7.35. The highest BCUT2D eigenvalue weighted by molar-refractivity contribution is 7.05. The molecule has 0 aliphatic rings. The van der Waals surface area contributed by atoms with E-state index in [-0.39, 0.29) is 6.04 Å². The Hall–Kier alpha value is -1.27. The van der Waals surface area contributed by atoms with Crippen LogP contribution < -0.4 is 5.73 Å². The molecule has 1 unspecified atom stereocenters. The smallest absolute Gasteiger partial charge is 0.110 e. The van der Waals surface area contributed by atoms with Gasteiger partial charge < -0.3 is 10.3 Å². The molecule has 0 aliphatic heterocycles. The van der Waals surface area contributed by atoms with Crippen molar-refractivity contribution in [2.45, 2.75) is 52.1 Å². The highest BCUT2D eigenvalue weighted by Gasteiger charge is 2.17. The minimum Gasteiger partial charge on any atom is -0.335 e. The molecule has 2 rings (SSSR count). The fourth-order valence-corrected chi connectivity index (χ4v) is 2.87. The average molecular weight is 279 g/mol. The summed E-state index contributed by atoms with van der Waals surface area (Å²) in [6, 6.07) is -0.0560. The Labute approximate surface area is 118 Å². The molecule has 2 aromatic rings. The van der Waals surface area contributed by atoms with Crippen LogP contribution in [-0.2, 0) is 19.4 Å². The maximum absolute atomic E-state index is 6.30. The monoisotopic (exact) mass is 279 g/mol. The standard InChI is InChI=1S/C13H21N5S/c1-3-5-11-13(19-17-16-11)10(14)9-12-15-6-8-18(12)7-4-2/h6,8,10H,3-5,7,9,14H2,1-2H3. The van der Waals surface area contributed by atoms with Crippen LogP contribution in [0.1, 0.15) is 49.1 Å². The quantitative estimate of drug-likeness (QED) is 0.844. The Morgan fingerprint density at radius 1 is 1.37 bits per heavy atom. The fraction of sp³-hybridized carbons (Fsp3) is 0.615. The van der Waals surface area contributed by atoms with Crippen LogP contribution >= 0.6 is 11.5 Å². The van der Waals surface area contributed by atoms with Crippen LogP contribution in [0.3, 0.4) is 0 Å². The Bertz CT molecular complexity index is 505. The zero-order valence-electron chi connectivity index (χ0n) is 11.5. The molecule has 0 bridgehead atoms. The van der Waals surface area contributed by atoms with E-state index in [0.29, 0.717) is 0 Å². The number of rotatable bonds is 7. The molecule has 0 spiro atoms. The van der Waals surface area contributed by atoms with Gasteiger partial charge in [0.25, 0.3) is 0 Å². The van der Waals surface area contributed by atoms with Crippen molar-refractivity contribution in [2.24, 2.45) is 5.73 Å². The molecule has 19 heavy (non-hydrogen) atoms. The van der Waals surface area contributed by atoms with Gasteiger partial charge in [-0.25, -0.2) is 4.98 Å². The molecular formula is C13H21N5S. The van der Waals surface area contributed by atoms with Crippen molar-refractivity contribution < 1.29 is 0 Å². The van der Waals surface area contributed by atoms with E-state index in [1.54, 1.807) is 0 Å². The summed E-state index contributed by atoms with van der Waals surface area (Å²) in [6.07, 6.45) is 7.72. The van der Waals surface area contributed by atoms with Crippen molar-refractivity contribution >= 4 is 11.5 Å². The first-order valence-corrected chi connectivity index (χ1v) is 7.60. The largest absolute Gasteiger partial charge is 0.335 e. The van der Waals surface area contributed by atoms with Gasteiger partial charge in [-0.1, -0.05) is 24.8 Å². The van der Waals surface area contributed by atoms with Crippen molar-refractivity contribution in [3.63, 3.8) is 0 Å². The van der Waals surface area contributed by atoms with E-state index in [1.165, 1.54) is 11.5 Å². The molecule has 6 heteroatoms. The molecule has 2 aromatic heterocycles. The lowest BCUT2D eigenvalue weighted by Gasteiger charge is -2.12. The Morgan fingerprint density at radius 3 is 2.95 bits per heavy atom. The summed E-state index contributed by atoms with van der Waals surface area (Å²) in [7, 11) is 0. The topological polar surface area (TPSA) is 69.6 Å². The number of nitrogens with zero attached hydrogens (tertiary/aromatic N) is 4. The van der Waals surface area contributed by atoms with Gasteiger partial charge in [0.05, 0.1) is 10.6 Å². The molecule has 0 aliphatic carbocycles. The SMILES string of the molecule is CCCc1nnsc1C(N)Cc1nccn1CCC. The second-order valence-electron chi connectivity index (χ2n) is 4.68. The third-order valence-electron chi connectivity index (χ3n) is 3.08. The fourth-order valence-electron chi connectivity index (χ4n) is 2.17. The van der Waals surface area contributed by atoms with Gasteiger partial charge in [-0.05, 0) is 24.4 Å². The van der Waals surface area contributed by atoms with Gasteiger partial charge in [0.1, 0.15) is 5.82 Å². The molecule has 2 heterocycles. The summed E-state index contributed by atoms with van der Waals surface area (Å²) in [6.45, 7) is 5.30. The molecule has 0 aromatic carbocycles. The second kappa shape index (κ2) is 6.77. The van der Waals surface area contributed by atoms with Gasteiger partial charge in [0.2, 0.25) is 0 Å². The lowest BCUT2D eigenvalue weighted by atomic mass is 10.1. The summed E-state index contributed by atoms with van der Waals surface area (Å²) < 4.78 is 6.21. The van der Waals surface area contributed by atoms with Crippen LogP contribution in [0.2, 0.25) is 0 Å². The molecule has 0 saturated heterocycles. The summed E-state index contributed by atoms with van der Waals surface area (Å²) in [4.78, 5) is 5.51. The number of imidazole rings is 1. The van der Waals surface area contributed by atoms with Crippen molar-refractivity contribution in [1.82, 2.24) is 19.1 Å². The predicted octanol–water partition coefficient (Wildman–Crippen LogP) is 2.34. The van der Waals surface area contributed by atoms with Crippen LogP contribution in [0.25, 0.3) is 0 Å². The number of hydrogen-bond acceptors (Lipinski definition) is 5. The van der Waals surface area contributed by atoms with Crippen LogP contribution in [0, 0.1) is 0 Å². The average Bonchev–Trinajstić information content (AvgIpc) is 3.00. The second-order valence-corrected chi connectivity index (χ2v) is 5.47. The molecule has 1 atom stereocenters. The van der Waals surface area contributed by atoms with E-state index in [1.807, 2.05) is 12.4 Å². The highest BCUT2D eigenvalue weighted by atomic mass is 32.1. The van der Waals surface area contributed by atoms with E-state index in [0.717, 1.165) is 48.6 Å². The molecule has 2 N–H and O–H groups in total. The Balaban J connectivity index is 2.09. The van der Waals surface area contributed by atoms with Gasteiger partial charge >= 0.3 is 0 Å². The van der Waals surface area contributed by atoms with E-state index >= 15 is 0 Å². The maximum atomic E-state index is 6.30. The molecule has 0 saturated carbocycles. The van der Waals surface area contributed by atoms with Gasteiger partial charge in [0, 0.05) is 31.4 Å². The van der Waals surface area contributed by atoms with Crippen molar-refractivity contribution in [2.75, 3.05) is 0 Å². The zero-order valence-corrected chi connectivity index (χ0v) is 12.4. The molecule has 0 radical (unpaired) electrons. The van der Waals surface area contributed by atoms with Gasteiger partial charge in [-0.2, -0.15) is 0 Å². The molecule has 5 nitrogen and oxygen atoms in total. The van der Waals surface area contributed by atoms with E-state index in [4.69, 9.17) is 5.73 Å². The lowest BCUT2D eigenvalue weighted by molar-refractivity contribution is 0.599. The summed E-state index contributed by atoms with van der Waals surface area (Å²) in [5.74, 6) is 1.05. The highest BCUT2D eigenvalue weighted by Crippen LogP contribution is 2.22. The predicted molar refractivity (Wildman–Crippen MR) is 77.1 cm³/mol. The summed E-state index contributed by atoms with van der Waals surface area (Å²) in [5, 5.41) is 4.18. The molecule has 104 valence electrons. The van der Waals surface area contributed by atoms with Crippen LogP contribution in [0.4, 0.5) is 0 Å². The van der Waals surface area contributed by atoms with Crippen LogP contribution in [0.5, 0.6) is 0 Å². The van der Waals surface area contributed by atoms with Gasteiger partial charge in [0.15, 0.2) is 0 Å². The maximum Gasteiger partial charge on any atom is 0.110 e. The van der Waals surface area contributed by atoms with Crippen LogP contribution in [-0.4, -0.2) is 19.1 Å². The van der Waals surface area contributed by atoms with Crippen molar-refractivity contribution in [3.8, 4) is 0 Å². The Morgan fingerprint density at radius 2 is 2.21 bits per heavy atom. The number of aryl methyl sites for hydroxylation is 2. The molecule has 0 fully saturated rings.